The minimum absolute atomic E-state index is 0.374. The first kappa shape index (κ1) is 11.1. The second-order valence-electron chi connectivity index (χ2n) is 4.81. The van der Waals surface area contributed by atoms with Crippen molar-refractivity contribution in [1.29, 1.82) is 0 Å². The van der Waals surface area contributed by atoms with Crippen LogP contribution in [0.1, 0.15) is 37.2 Å². The van der Waals surface area contributed by atoms with E-state index >= 15 is 0 Å². The molecule has 0 aliphatic heterocycles. The van der Waals surface area contributed by atoms with Gasteiger partial charge in [-0.25, -0.2) is 4.98 Å². The van der Waals surface area contributed by atoms with Crippen LogP contribution in [0.5, 0.6) is 0 Å². The molecule has 1 aromatic heterocycles. The molecule has 3 N–H and O–H groups in total. The zero-order chi connectivity index (χ0) is 11.9. The Bertz CT molecular complexity index is 484. The van der Waals surface area contributed by atoms with Crippen LogP contribution >= 0.6 is 0 Å². The van der Waals surface area contributed by atoms with Crippen molar-refractivity contribution in [3.05, 3.63) is 29.1 Å². The first-order valence-corrected chi connectivity index (χ1v) is 5.70. The van der Waals surface area contributed by atoms with E-state index < -0.39 is 0 Å². The molecule has 0 saturated carbocycles. The summed E-state index contributed by atoms with van der Waals surface area (Å²) in [7, 11) is 0. The molecule has 0 amide bonds. The Kier molecular flexibility index (Phi) is 2.50. The first-order valence-electron chi connectivity index (χ1n) is 5.70. The van der Waals surface area contributed by atoms with Gasteiger partial charge < -0.3 is 10.7 Å². The molecule has 2 rings (SSSR count). The summed E-state index contributed by atoms with van der Waals surface area (Å²) in [5, 5.41) is 0. The van der Waals surface area contributed by atoms with Crippen molar-refractivity contribution in [3.8, 4) is 0 Å². The number of nitrogens with two attached hydrogens (primary N) is 1. The number of aryl methyl sites for hydroxylation is 2. The summed E-state index contributed by atoms with van der Waals surface area (Å²) in [5.41, 5.74) is 10.4. The van der Waals surface area contributed by atoms with Crippen molar-refractivity contribution in [2.24, 2.45) is 5.73 Å². The Hall–Kier alpha value is -1.35. The van der Waals surface area contributed by atoms with E-state index in [0.29, 0.717) is 0 Å². The molecule has 1 unspecified atom stereocenters. The number of imidazole rings is 1. The molecule has 3 nitrogen and oxygen atoms in total. The zero-order valence-corrected chi connectivity index (χ0v) is 10.4. The molecular formula is C13H19N3. The Morgan fingerprint density at radius 2 is 1.94 bits per heavy atom. The van der Waals surface area contributed by atoms with Gasteiger partial charge in [-0.2, -0.15) is 0 Å². The summed E-state index contributed by atoms with van der Waals surface area (Å²) in [6, 6.07) is 4.24. The van der Waals surface area contributed by atoms with E-state index in [9.17, 15) is 0 Å². The molecule has 16 heavy (non-hydrogen) atoms. The smallest absolute Gasteiger partial charge is 0.127 e. The Morgan fingerprint density at radius 1 is 1.31 bits per heavy atom. The van der Waals surface area contributed by atoms with Gasteiger partial charge >= 0.3 is 0 Å². The summed E-state index contributed by atoms with van der Waals surface area (Å²) >= 11 is 0. The fraction of sp³-hybridized carbons (Fsp3) is 0.462. The van der Waals surface area contributed by atoms with Gasteiger partial charge in [0, 0.05) is 0 Å². The molecule has 0 aliphatic rings. The van der Waals surface area contributed by atoms with E-state index in [4.69, 9.17) is 5.73 Å². The highest BCUT2D eigenvalue weighted by molar-refractivity contribution is 5.77. The third-order valence-electron chi connectivity index (χ3n) is 3.37. The Balaban J connectivity index is 2.61. The maximum atomic E-state index is 6.18. The maximum absolute atomic E-state index is 6.18. The molecular weight excluding hydrogens is 198 g/mol. The monoisotopic (exact) mass is 217 g/mol. The molecule has 1 atom stereocenters. The van der Waals surface area contributed by atoms with Gasteiger partial charge in [-0.05, 0) is 50.5 Å². The minimum Gasteiger partial charge on any atom is -0.340 e. The van der Waals surface area contributed by atoms with Crippen LogP contribution in [0, 0.1) is 13.8 Å². The van der Waals surface area contributed by atoms with Crippen molar-refractivity contribution in [2.45, 2.75) is 39.7 Å². The van der Waals surface area contributed by atoms with Crippen LogP contribution in [0.25, 0.3) is 11.0 Å². The number of hydrogen-bond donors (Lipinski definition) is 2. The molecule has 0 spiro atoms. The van der Waals surface area contributed by atoms with Gasteiger partial charge in [-0.3, -0.25) is 0 Å². The summed E-state index contributed by atoms with van der Waals surface area (Å²) in [6.45, 7) is 8.29. The molecule has 3 heteroatoms. The normalized spacial score (nSPS) is 15.3. The molecule has 86 valence electrons. The predicted molar refractivity (Wildman–Crippen MR) is 67.4 cm³/mol. The fourth-order valence-corrected chi connectivity index (χ4v) is 1.71. The van der Waals surface area contributed by atoms with Crippen LogP contribution in [-0.2, 0) is 5.54 Å². The van der Waals surface area contributed by atoms with Crippen molar-refractivity contribution >= 4 is 11.0 Å². The summed E-state index contributed by atoms with van der Waals surface area (Å²) in [6.07, 6.45) is 0.866. The highest BCUT2D eigenvalue weighted by Crippen LogP contribution is 2.23. The van der Waals surface area contributed by atoms with E-state index in [2.05, 4.69) is 42.9 Å². The van der Waals surface area contributed by atoms with Crippen LogP contribution in [0.4, 0.5) is 0 Å². The molecule has 1 aromatic carbocycles. The number of nitrogens with zero attached hydrogens (tertiary/aromatic N) is 1. The highest BCUT2D eigenvalue weighted by Gasteiger charge is 2.22. The van der Waals surface area contributed by atoms with Crippen LogP contribution in [0.15, 0.2) is 12.1 Å². The number of aromatic nitrogens is 2. The lowest BCUT2D eigenvalue weighted by Crippen LogP contribution is -2.33. The van der Waals surface area contributed by atoms with E-state index in [1.807, 2.05) is 6.92 Å². The van der Waals surface area contributed by atoms with Gasteiger partial charge in [0.25, 0.3) is 0 Å². The minimum atomic E-state index is -0.374. The van der Waals surface area contributed by atoms with Gasteiger partial charge in [0.1, 0.15) is 5.82 Å². The average Bonchev–Trinajstić information content (AvgIpc) is 2.62. The van der Waals surface area contributed by atoms with Gasteiger partial charge in [0.2, 0.25) is 0 Å². The number of nitrogens with one attached hydrogen (secondary N) is 1. The number of H-pyrrole nitrogens is 1. The maximum Gasteiger partial charge on any atom is 0.127 e. The van der Waals surface area contributed by atoms with Crippen LogP contribution in [-0.4, -0.2) is 9.97 Å². The lowest BCUT2D eigenvalue weighted by atomic mass is 10.0. The number of hydrogen-bond acceptors (Lipinski definition) is 2. The average molecular weight is 217 g/mol. The second-order valence-corrected chi connectivity index (χ2v) is 4.81. The molecule has 2 aromatic rings. The molecule has 0 bridgehead atoms. The van der Waals surface area contributed by atoms with Gasteiger partial charge in [-0.1, -0.05) is 6.92 Å². The number of rotatable bonds is 2. The van der Waals surface area contributed by atoms with E-state index in [1.165, 1.54) is 11.1 Å². The third kappa shape index (κ3) is 1.71. The lowest BCUT2D eigenvalue weighted by molar-refractivity contribution is 0.451. The molecule has 0 fully saturated rings. The quantitative estimate of drug-likeness (QED) is 0.812. The van der Waals surface area contributed by atoms with Crippen molar-refractivity contribution in [1.82, 2.24) is 9.97 Å². The largest absolute Gasteiger partial charge is 0.340 e. The highest BCUT2D eigenvalue weighted by atomic mass is 15.0. The second kappa shape index (κ2) is 3.59. The van der Waals surface area contributed by atoms with Crippen LogP contribution in [0.2, 0.25) is 0 Å². The first-order chi connectivity index (χ1) is 7.44. The zero-order valence-electron chi connectivity index (χ0n) is 10.4. The van der Waals surface area contributed by atoms with E-state index in [-0.39, 0.29) is 5.54 Å². The number of aromatic amines is 1. The summed E-state index contributed by atoms with van der Waals surface area (Å²) < 4.78 is 0. The SMILES string of the molecule is CCC(C)(N)c1nc2cc(C)c(C)cc2[nH]1. The van der Waals surface area contributed by atoms with Crippen molar-refractivity contribution in [3.63, 3.8) is 0 Å². The Labute approximate surface area is 96.1 Å². The standard InChI is InChI=1S/C13H19N3/c1-5-13(4,14)12-15-10-6-8(2)9(3)7-11(10)16-12/h6-7H,5,14H2,1-4H3,(H,15,16). The third-order valence-corrected chi connectivity index (χ3v) is 3.37. The van der Waals surface area contributed by atoms with Crippen molar-refractivity contribution < 1.29 is 0 Å². The van der Waals surface area contributed by atoms with Gasteiger partial charge in [0.05, 0.1) is 16.6 Å². The van der Waals surface area contributed by atoms with Crippen molar-refractivity contribution in [2.75, 3.05) is 0 Å². The van der Waals surface area contributed by atoms with Gasteiger partial charge in [0.15, 0.2) is 0 Å². The van der Waals surface area contributed by atoms with E-state index in [0.717, 1.165) is 23.3 Å². The topological polar surface area (TPSA) is 54.7 Å². The lowest BCUT2D eigenvalue weighted by Gasteiger charge is -2.19. The van der Waals surface area contributed by atoms with Gasteiger partial charge in [-0.15, -0.1) is 0 Å². The molecule has 1 heterocycles. The molecule has 0 saturated heterocycles. The Morgan fingerprint density at radius 3 is 2.56 bits per heavy atom. The molecule has 0 aliphatic carbocycles. The molecule has 0 radical (unpaired) electrons. The number of fused-ring (bicyclic) bond motifs is 1. The van der Waals surface area contributed by atoms with Crippen LogP contribution in [0.3, 0.4) is 0 Å². The number of benzene rings is 1. The summed E-state index contributed by atoms with van der Waals surface area (Å²) in [5.74, 6) is 0.870. The fourth-order valence-electron chi connectivity index (χ4n) is 1.71. The van der Waals surface area contributed by atoms with Crippen LogP contribution < -0.4 is 5.73 Å². The van der Waals surface area contributed by atoms with E-state index in [1.54, 1.807) is 0 Å². The predicted octanol–water partition coefficient (Wildman–Crippen LogP) is 2.76. The summed E-state index contributed by atoms with van der Waals surface area (Å²) in [4.78, 5) is 7.90.